The fraction of sp³-hybridized carbons (Fsp3) is 0.417. The molecule has 2 N–H and O–H groups in total. The second kappa shape index (κ2) is 4.87. The van der Waals surface area contributed by atoms with E-state index in [1.807, 2.05) is 25.1 Å². The predicted octanol–water partition coefficient (Wildman–Crippen LogP) is 2.45. The van der Waals surface area contributed by atoms with Crippen molar-refractivity contribution in [3.8, 4) is 0 Å². The summed E-state index contributed by atoms with van der Waals surface area (Å²) in [7, 11) is 0. The lowest BCUT2D eigenvalue weighted by Crippen LogP contribution is -2.31. The number of amides is 1. The van der Waals surface area contributed by atoms with E-state index in [0.717, 1.165) is 23.0 Å². The van der Waals surface area contributed by atoms with Crippen molar-refractivity contribution in [2.45, 2.75) is 25.8 Å². The van der Waals surface area contributed by atoms with Crippen LogP contribution >= 0.6 is 15.9 Å². The Labute approximate surface area is 104 Å². The van der Waals surface area contributed by atoms with Gasteiger partial charge in [0.05, 0.1) is 6.54 Å². The van der Waals surface area contributed by atoms with Crippen LogP contribution < -0.4 is 10.6 Å². The minimum atomic E-state index is 0.0696. The molecule has 1 aliphatic carbocycles. The molecule has 0 unspecified atom stereocenters. The average molecular weight is 283 g/mol. The highest BCUT2D eigenvalue weighted by atomic mass is 79.9. The molecule has 1 saturated carbocycles. The van der Waals surface area contributed by atoms with E-state index in [9.17, 15) is 4.79 Å². The zero-order valence-corrected chi connectivity index (χ0v) is 10.8. The van der Waals surface area contributed by atoms with E-state index in [2.05, 4.69) is 26.6 Å². The van der Waals surface area contributed by atoms with Gasteiger partial charge in [0.1, 0.15) is 0 Å². The smallest absolute Gasteiger partial charge is 0.239 e. The molecule has 4 heteroatoms. The van der Waals surface area contributed by atoms with Crippen LogP contribution in [0.4, 0.5) is 5.69 Å². The first kappa shape index (κ1) is 11.5. The topological polar surface area (TPSA) is 41.1 Å². The van der Waals surface area contributed by atoms with Crippen molar-refractivity contribution < 1.29 is 4.79 Å². The molecule has 0 spiro atoms. The second-order valence-corrected chi connectivity index (χ2v) is 5.13. The van der Waals surface area contributed by atoms with Crippen molar-refractivity contribution in [3.05, 3.63) is 28.2 Å². The quantitative estimate of drug-likeness (QED) is 0.891. The number of rotatable bonds is 4. The molecule has 0 aromatic heterocycles. The Kier molecular flexibility index (Phi) is 3.49. The van der Waals surface area contributed by atoms with Gasteiger partial charge >= 0.3 is 0 Å². The maximum Gasteiger partial charge on any atom is 0.239 e. The van der Waals surface area contributed by atoms with Crippen LogP contribution in [-0.4, -0.2) is 18.5 Å². The maximum absolute atomic E-state index is 11.5. The number of halogens is 1. The van der Waals surface area contributed by atoms with Gasteiger partial charge in [0, 0.05) is 16.2 Å². The first-order chi connectivity index (χ1) is 7.63. The van der Waals surface area contributed by atoms with Crippen LogP contribution in [0, 0.1) is 6.92 Å². The molecule has 16 heavy (non-hydrogen) atoms. The van der Waals surface area contributed by atoms with Crippen molar-refractivity contribution in [2.24, 2.45) is 0 Å². The van der Waals surface area contributed by atoms with Gasteiger partial charge in [0.15, 0.2) is 0 Å². The number of benzene rings is 1. The van der Waals surface area contributed by atoms with Crippen molar-refractivity contribution in [1.29, 1.82) is 0 Å². The second-order valence-electron chi connectivity index (χ2n) is 4.21. The number of hydrogen-bond acceptors (Lipinski definition) is 2. The van der Waals surface area contributed by atoms with E-state index in [-0.39, 0.29) is 5.91 Å². The average Bonchev–Trinajstić information content (AvgIpc) is 2.97. The van der Waals surface area contributed by atoms with Gasteiger partial charge in [-0.05, 0) is 43.5 Å². The number of anilines is 1. The minimum Gasteiger partial charge on any atom is -0.376 e. The first-order valence-corrected chi connectivity index (χ1v) is 6.23. The molecule has 2 rings (SSSR count). The van der Waals surface area contributed by atoms with E-state index in [1.165, 1.54) is 5.56 Å². The fourth-order valence-corrected chi connectivity index (χ4v) is 2.13. The lowest BCUT2D eigenvalue weighted by Gasteiger charge is -2.08. The lowest BCUT2D eigenvalue weighted by atomic mass is 10.2. The van der Waals surface area contributed by atoms with Crippen molar-refractivity contribution >= 4 is 27.5 Å². The summed E-state index contributed by atoms with van der Waals surface area (Å²) in [5.74, 6) is 0.0696. The summed E-state index contributed by atoms with van der Waals surface area (Å²) < 4.78 is 1.03. The summed E-state index contributed by atoms with van der Waals surface area (Å²) in [4.78, 5) is 11.5. The first-order valence-electron chi connectivity index (χ1n) is 5.44. The zero-order valence-electron chi connectivity index (χ0n) is 9.22. The van der Waals surface area contributed by atoms with Gasteiger partial charge in [-0.15, -0.1) is 0 Å². The molecule has 86 valence electrons. The van der Waals surface area contributed by atoms with Crippen molar-refractivity contribution in [2.75, 3.05) is 11.9 Å². The van der Waals surface area contributed by atoms with Crippen LogP contribution in [0.3, 0.4) is 0 Å². The highest BCUT2D eigenvalue weighted by Crippen LogP contribution is 2.20. The van der Waals surface area contributed by atoms with Crippen LogP contribution in [0.1, 0.15) is 18.4 Å². The van der Waals surface area contributed by atoms with Crippen LogP contribution in [0.5, 0.6) is 0 Å². The van der Waals surface area contributed by atoms with Crippen molar-refractivity contribution in [1.82, 2.24) is 5.32 Å². The van der Waals surface area contributed by atoms with Gasteiger partial charge in [-0.25, -0.2) is 0 Å². The van der Waals surface area contributed by atoms with E-state index < -0.39 is 0 Å². The molecule has 1 fully saturated rings. The van der Waals surface area contributed by atoms with Crippen LogP contribution in [0.2, 0.25) is 0 Å². The third-order valence-electron chi connectivity index (χ3n) is 2.44. The molecule has 1 aromatic rings. The van der Waals surface area contributed by atoms with Crippen LogP contribution in [0.15, 0.2) is 22.7 Å². The molecule has 0 saturated heterocycles. The Bertz CT molecular complexity index is 382. The molecule has 0 aliphatic heterocycles. The monoisotopic (exact) mass is 282 g/mol. The third kappa shape index (κ3) is 3.52. The Morgan fingerprint density at radius 2 is 2.19 bits per heavy atom. The van der Waals surface area contributed by atoms with Gasteiger partial charge in [0.25, 0.3) is 0 Å². The Hall–Kier alpha value is -1.03. The number of nitrogens with one attached hydrogen (secondary N) is 2. The molecule has 0 heterocycles. The molecule has 1 aliphatic rings. The fourth-order valence-electron chi connectivity index (χ4n) is 1.53. The largest absolute Gasteiger partial charge is 0.376 e. The number of hydrogen-bond donors (Lipinski definition) is 2. The summed E-state index contributed by atoms with van der Waals surface area (Å²) in [5.41, 5.74) is 2.14. The van der Waals surface area contributed by atoms with E-state index in [1.54, 1.807) is 0 Å². The SMILES string of the molecule is Cc1cc(Br)cc(NCC(=O)NC2CC2)c1. The van der Waals surface area contributed by atoms with E-state index in [0.29, 0.717) is 12.6 Å². The standard InChI is InChI=1S/C12H15BrN2O/c1-8-4-9(13)6-11(5-8)14-7-12(16)15-10-2-3-10/h4-6,10,14H,2-3,7H2,1H3,(H,15,16). The van der Waals surface area contributed by atoms with Crippen LogP contribution in [0.25, 0.3) is 0 Å². The summed E-state index contributed by atoms with van der Waals surface area (Å²) in [6.45, 7) is 2.37. The van der Waals surface area contributed by atoms with Gasteiger partial charge in [-0.1, -0.05) is 15.9 Å². The molecule has 3 nitrogen and oxygen atoms in total. The summed E-state index contributed by atoms with van der Waals surface area (Å²) >= 11 is 3.43. The van der Waals surface area contributed by atoms with Gasteiger partial charge in [0.2, 0.25) is 5.91 Å². The summed E-state index contributed by atoms with van der Waals surface area (Å²) in [5, 5.41) is 6.06. The molecular formula is C12H15BrN2O. The molecule has 0 radical (unpaired) electrons. The van der Waals surface area contributed by atoms with Gasteiger partial charge in [-0.2, -0.15) is 0 Å². The lowest BCUT2D eigenvalue weighted by molar-refractivity contribution is -0.119. The van der Waals surface area contributed by atoms with Gasteiger partial charge in [-0.3, -0.25) is 4.79 Å². The third-order valence-corrected chi connectivity index (χ3v) is 2.90. The number of aryl methyl sites for hydroxylation is 1. The summed E-state index contributed by atoms with van der Waals surface area (Å²) in [6, 6.07) is 6.46. The predicted molar refractivity (Wildman–Crippen MR) is 68.5 cm³/mol. The molecule has 0 bridgehead atoms. The molecule has 1 aromatic carbocycles. The Morgan fingerprint density at radius 3 is 2.81 bits per heavy atom. The number of carbonyl (C=O) groups excluding carboxylic acids is 1. The molecule has 1 amide bonds. The molecular weight excluding hydrogens is 268 g/mol. The maximum atomic E-state index is 11.5. The summed E-state index contributed by atoms with van der Waals surface area (Å²) in [6.07, 6.45) is 2.25. The van der Waals surface area contributed by atoms with Gasteiger partial charge < -0.3 is 10.6 Å². The normalized spacial score (nSPS) is 14.6. The Morgan fingerprint density at radius 1 is 1.44 bits per heavy atom. The molecule has 0 atom stereocenters. The Balaban J connectivity index is 1.85. The van der Waals surface area contributed by atoms with E-state index >= 15 is 0 Å². The highest BCUT2D eigenvalue weighted by Gasteiger charge is 2.22. The van der Waals surface area contributed by atoms with Crippen molar-refractivity contribution in [3.63, 3.8) is 0 Å². The highest BCUT2D eigenvalue weighted by molar-refractivity contribution is 9.10. The zero-order chi connectivity index (χ0) is 11.5. The number of carbonyl (C=O) groups is 1. The minimum absolute atomic E-state index is 0.0696. The van der Waals surface area contributed by atoms with E-state index in [4.69, 9.17) is 0 Å². The van der Waals surface area contributed by atoms with Crippen LogP contribution in [-0.2, 0) is 4.79 Å².